The largest absolute Gasteiger partial charge is 0.481 e. The topological polar surface area (TPSA) is 75.6 Å². The second kappa shape index (κ2) is 3.96. The molecule has 5 heteroatoms. The third-order valence-electron chi connectivity index (χ3n) is 2.90. The number of nitrogens with one attached hydrogen (secondary N) is 1. The van der Waals surface area contributed by atoms with Crippen molar-refractivity contribution in [1.82, 2.24) is 5.32 Å². The molecule has 1 fully saturated rings. The lowest BCUT2D eigenvalue weighted by Crippen LogP contribution is -2.58. The molecule has 0 aromatic carbocycles. The third-order valence-corrected chi connectivity index (χ3v) is 2.90. The molecule has 0 bridgehead atoms. The Morgan fingerprint density at radius 2 is 2.00 bits per heavy atom. The molecule has 2 unspecified atom stereocenters. The minimum absolute atomic E-state index is 0.333. The molecule has 2 atom stereocenters. The van der Waals surface area contributed by atoms with Crippen molar-refractivity contribution in [3.63, 3.8) is 0 Å². The summed E-state index contributed by atoms with van der Waals surface area (Å²) in [7, 11) is 0. The summed E-state index contributed by atoms with van der Waals surface area (Å²) in [6.07, 6.45) is 0.717. The van der Waals surface area contributed by atoms with Crippen LogP contribution in [0.4, 0.5) is 4.79 Å². The lowest BCUT2D eigenvalue weighted by molar-refractivity contribution is -0.155. The molecule has 16 heavy (non-hydrogen) atoms. The molecule has 0 heterocycles. The summed E-state index contributed by atoms with van der Waals surface area (Å²) in [5.41, 5.74) is -1.41. The van der Waals surface area contributed by atoms with E-state index in [1.807, 2.05) is 0 Å². The van der Waals surface area contributed by atoms with Crippen LogP contribution >= 0.6 is 0 Å². The number of carbonyl (C=O) groups excluding carboxylic acids is 1. The lowest BCUT2D eigenvalue weighted by atomic mass is 9.66. The van der Waals surface area contributed by atoms with Crippen molar-refractivity contribution in [3.05, 3.63) is 0 Å². The van der Waals surface area contributed by atoms with Crippen LogP contribution in [0.5, 0.6) is 0 Å². The van der Waals surface area contributed by atoms with Gasteiger partial charge in [-0.15, -0.1) is 0 Å². The number of aliphatic carboxylic acids is 1. The monoisotopic (exact) mass is 229 g/mol. The summed E-state index contributed by atoms with van der Waals surface area (Å²) in [5, 5.41) is 11.6. The third kappa shape index (κ3) is 2.65. The molecule has 92 valence electrons. The quantitative estimate of drug-likeness (QED) is 0.756. The highest BCUT2D eigenvalue weighted by Crippen LogP contribution is 2.41. The number of rotatable bonds is 2. The van der Waals surface area contributed by atoms with E-state index in [9.17, 15) is 9.59 Å². The van der Waals surface area contributed by atoms with Crippen molar-refractivity contribution < 1.29 is 19.4 Å². The van der Waals surface area contributed by atoms with Crippen molar-refractivity contribution in [1.29, 1.82) is 0 Å². The number of carboxylic acid groups (broad SMARTS) is 1. The van der Waals surface area contributed by atoms with Crippen LogP contribution in [0.25, 0.3) is 0 Å². The fourth-order valence-electron chi connectivity index (χ4n) is 1.66. The van der Waals surface area contributed by atoms with Gasteiger partial charge in [0.15, 0.2) is 0 Å². The highest BCUT2D eigenvalue weighted by atomic mass is 16.6. The molecule has 0 radical (unpaired) electrons. The maximum Gasteiger partial charge on any atom is 0.407 e. The van der Waals surface area contributed by atoms with E-state index in [4.69, 9.17) is 9.84 Å². The van der Waals surface area contributed by atoms with Gasteiger partial charge in [0.25, 0.3) is 0 Å². The first kappa shape index (κ1) is 12.8. The van der Waals surface area contributed by atoms with E-state index in [2.05, 4.69) is 5.32 Å². The number of amides is 1. The highest BCUT2D eigenvalue weighted by molar-refractivity contribution is 5.78. The summed E-state index contributed by atoms with van der Waals surface area (Å²) in [6, 6.07) is -0.333. The van der Waals surface area contributed by atoms with Crippen LogP contribution in [-0.4, -0.2) is 28.8 Å². The van der Waals surface area contributed by atoms with Crippen LogP contribution in [0.2, 0.25) is 0 Å². The van der Waals surface area contributed by atoms with E-state index >= 15 is 0 Å². The molecule has 1 aliphatic carbocycles. The van der Waals surface area contributed by atoms with Crippen LogP contribution in [0, 0.1) is 5.41 Å². The van der Waals surface area contributed by atoms with E-state index in [0.29, 0.717) is 12.8 Å². The number of carboxylic acids is 1. The van der Waals surface area contributed by atoms with Crippen molar-refractivity contribution in [3.8, 4) is 0 Å². The highest BCUT2D eigenvalue weighted by Gasteiger charge is 2.50. The van der Waals surface area contributed by atoms with E-state index in [1.54, 1.807) is 27.7 Å². The second-order valence-electron chi connectivity index (χ2n) is 5.46. The van der Waals surface area contributed by atoms with Gasteiger partial charge in [0.2, 0.25) is 0 Å². The maximum absolute atomic E-state index is 11.4. The van der Waals surface area contributed by atoms with Crippen LogP contribution in [0.1, 0.15) is 40.5 Å². The number of ether oxygens (including phenoxy) is 1. The predicted molar refractivity (Wildman–Crippen MR) is 58.1 cm³/mol. The average Bonchev–Trinajstić information content (AvgIpc) is 2.08. The molecule has 5 nitrogen and oxygen atoms in total. The zero-order valence-electron chi connectivity index (χ0n) is 10.2. The first-order valence-electron chi connectivity index (χ1n) is 5.38. The predicted octanol–water partition coefficient (Wildman–Crippen LogP) is 1.76. The van der Waals surface area contributed by atoms with Crippen LogP contribution in [0.3, 0.4) is 0 Å². The van der Waals surface area contributed by atoms with Gasteiger partial charge in [-0.2, -0.15) is 0 Å². The molecule has 1 aliphatic rings. The fraction of sp³-hybridized carbons (Fsp3) is 0.818. The van der Waals surface area contributed by atoms with Gasteiger partial charge in [-0.05, 0) is 40.5 Å². The zero-order valence-corrected chi connectivity index (χ0v) is 10.2. The molecular weight excluding hydrogens is 210 g/mol. The lowest BCUT2D eigenvalue weighted by Gasteiger charge is -2.43. The van der Waals surface area contributed by atoms with E-state index in [0.717, 1.165) is 0 Å². The van der Waals surface area contributed by atoms with Gasteiger partial charge < -0.3 is 15.2 Å². The molecule has 0 aromatic rings. The van der Waals surface area contributed by atoms with Crippen molar-refractivity contribution in [2.75, 3.05) is 0 Å². The Morgan fingerprint density at radius 1 is 1.44 bits per heavy atom. The maximum atomic E-state index is 11.4. The van der Waals surface area contributed by atoms with Crippen LogP contribution in [-0.2, 0) is 9.53 Å². The summed E-state index contributed by atoms with van der Waals surface area (Å²) < 4.78 is 5.07. The number of hydrogen-bond donors (Lipinski definition) is 2. The number of hydrogen-bond acceptors (Lipinski definition) is 3. The number of carbonyl (C=O) groups is 2. The fourth-order valence-corrected chi connectivity index (χ4v) is 1.66. The molecular formula is C11H19NO4. The normalized spacial score (nSPS) is 29.1. The molecule has 0 aromatic heterocycles. The van der Waals surface area contributed by atoms with Crippen LogP contribution in [0.15, 0.2) is 0 Å². The van der Waals surface area contributed by atoms with Crippen LogP contribution < -0.4 is 5.32 Å². The summed E-state index contributed by atoms with van der Waals surface area (Å²) >= 11 is 0. The Balaban J connectivity index is 2.51. The molecule has 0 aliphatic heterocycles. The SMILES string of the molecule is CC(C)(C)OC(=O)NC1CCC1(C)C(=O)O. The minimum atomic E-state index is -0.875. The van der Waals surface area contributed by atoms with Gasteiger partial charge in [-0.25, -0.2) is 4.79 Å². The second-order valence-corrected chi connectivity index (χ2v) is 5.46. The Hall–Kier alpha value is -1.26. The molecule has 2 N–H and O–H groups in total. The van der Waals surface area contributed by atoms with E-state index in [-0.39, 0.29) is 6.04 Å². The molecule has 1 rings (SSSR count). The van der Waals surface area contributed by atoms with Crippen molar-refractivity contribution >= 4 is 12.1 Å². The molecule has 0 saturated heterocycles. The van der Waals surface area contributed by atoms with Gasteiger partial charge in [-0.1, -0.05) is 0 Å². The van der Waals surface area contributed by atoms with Crippen molar-refractivity contribution in [2.24, 2.45) is 5.41 Å². The zero-order chi connectivity index (χ0) is 12.6. The average molecular weight is 229 g/mol. The van der Waals surface area contributed by atoms with Gasteiger partial charge in [0.1, 0.15) is 5.60 Å². The standard InChI is InChI=1S/C11H19NO4/c1-10(2,3)16-9(15)12-7-5-6-11(7,4)8(13)14/h7H,5-6H2,1-4H3,(H,12,15)(H,13,14). The summed E-state index contributed by atoms with van der Waals surface area (Å²) in [5.74, 6) is -0.875. The van der Waals surface area contributed by atoms with Gasteiger partial charge >= 0.3 is 12.1 Å². The Bertz CT molecular complexity index is 308. The van der Waals surface area contributed by atoms with Crippen molar-refractivity contribution in [2.45, 2.75) is 52.2 Å². The Labute approximate surface area is 95.2 Å². The first-order valence-corrected chi connectivity index (χ1v) is 5.38. The number of alkyl carbamates (subject to hydrolysis) is 1. The van der Waals surface area contributed by atoms with E-state index in [1.165, 1.54) is 0 Å². The van der Waals surface area contributed by atoms with E-state index < -0.39 is 23.1 Å². The molecule has 1 amide bonds. The summed E-state index contributed by atoms with van der Waals surface area (Å²) in [6.45, 7) is 6.94. The molecule has 1 saturated carbocycles. The minimum Gasteiger partial charge on any atom is -0.481 e. The van der Waals surface area contributed by atoms with Gasteiger partial charge in [-0.3, -0.25) is 4.79 Å². The first-order chi connectivity index (χ1) is 7.15. The summed E-state index contributed by atoms with van der Waals surface area (Å²) in [4.78, 5) is 22.4. The molecule has 0 spiro atoms. The Morgan fingerprint density at radius 3 is 2.31 bits per heavy atom. The van der Waals surface area contributed by atoms with Gasteiger partial charge in [0.05, 0.1) is 5.41 Å². The Kier molecular flexibility index (Phi) is 3.17. The van der Waals surface area contributed by atoms with Gasteiger partial charge in [0, 0.05) is 6.04 Å². The smallest absolute Gasteiger partial charge is 0.407 e.